The molecule has 3 heterocycles. The number of allylic oxidation sites excluding steroid dienone is 2. The molecule has 0 saturated carbocycles. The maximum Gasteiger partial charge on any atom is 0.229 e. The molecular formula is C15H11I6N3OS. The summed E-state index contributed by atoms with van der Waals surface area (Å²) in [6.45, 7) is 2.05. The number of nitrogens with one attached hydrogen (secondary N) is 1. The maximum atomic E-state index is 5.90. The number of furan rings is 1. The van der Waals surface area contributed by atoms with E-state index in [4.69, 9.17) is 9.52 Å². The molecule has 1 aliphatic rings. The van der Waals surface area contributed by atoms with Gasteiger partial charge in [0.25, 0.3) is 0 Å². The summed E-state index contributed by atoms with van der Waals surface area (Å²) in [7, 11) is 0. The lowest BCUT2D eigenvalue weighted by atomic mass is 9.98. The minimum atomic E-state index is -0.244. The Morgan fingerprint density at radius 3 is 2.46 bits per heavy atom. The summed E-state index contributed by atoms with van der Waals surface area (Å²) in [4.78, 5) is 1.24. The zero-order chi connectivity index (χ0) is 19.1. The molecule has 0 spiro atoms. The smallest absolute Gasteiger partial charge is 0.229 e. The van der Waals surface area contributed by atoms with Crippen LogP contribution in [0.2, 0.25) is 0 Å². The number of halogens is 6. The predicted octanol–water partition coefficient (Wildman–Crippen LogP) is 7.72. The first-order valence-electron chi connectivity index (χ1n) is 7.15. The molecule has 2 aromatic heterocycles. The van der Waals surface area contributed by atoms with Crippen molar-refractivity contribution in [3.05, 3.63) is 57.8 Å². The number of hydrazine groups is 1. The van der Waals surface area contributed by atoms with Crippen LogP contribution in [0.4, 0.5) is 0 Å². The van der Waals surface area contributed by atoms with Crippen molar-refractivity contribution in [1.29, 1.82) is 0 Å². The Bertz CT molecular complexity index is 834. The Kier molecular flexibility index (Phi) is 8.19. The van der Waals surface area contributed by atoms with Gasteiger partial charge in [-0.2, -0.15) is 10.2 Å². The Labute approximate surface area is 237 Å². The number of thiophene rings is 1. The molecule has 140 valence electrons. The van der Waals surface area contributed by atoms with E-state index in [2.05, 4.69) is 178 Å². The van der Waals surface area contributed by atoms with E-state index in [0.717, 1.165) is 22.7 Å². The Balaban J connectivity index is 2.11. The first-order valence-corrected chi connectivity index (χ1v) is 14.5. The molecule has 1 N–H and O–H groups in total. The van der Waals surface area contributed by atoms with Gasteiger partial charge in [0.1, 0.15) is 11.5 Å². The maximum absolute atomic E-state index is 5.90. The fourth-order valence-electron chi connectivity index (χ4n) is 2.38. The second-order valence-corrected chi connectivity index (χ2v) is 28.4. The van der Waals surface area contributed by atoms with Crippen LogP contribution in [0.15, 0.2) is 51.1 Å². The molecule has 0 bridgehead atoms. The van der Waals surface area contributed by atoms with Crippen LogP contribution in [0.3, 0.4) is 0 Å². The standard InChI is InChI=1S/C15H11I6N3OS/c1-8-5-10(25-7-8)13(11-3-2-4-26-11)9-6-12(14(16,17)18)23-24(22-9)15(19,20)21/h2-7,13,22H,1H3. The molecule has 3 rings (SSSR count). The van der Waals surface area contributed by atoms with Crippen molar-refractivity contribution in [2.75, 3.05) is 0 Å². The Hall–Kier alpha value is 2.37. The monoisotopic (exact) mass is 1040 g/mol. The van der Waals surface area contributed by atoms with Crippen LogP contribution >= 0.6 is 147 Å². The van der Waals surface area contributed by atoms with Gasteiger partial charge in [-0.15, -0.1) is 11.3 Å². The van der Waals surface area contributed by atoms with Crippen LogP contribution in [0.25, 0.3) is 0 Å². The highest BCUT2D eigenvalue weighted by molar-refractivity contribution is 14.3. The molecule has 1 aliphatic heterocycles. The van der Waals surface area contributed by atoms with E-state index in [-0.39, 0.29) is 4.91 Å². The minimum Gasteiger partial charge on any atom is -0.468 e. The molecule has 4 nitrogen and oxygen atoms in total. The van der Waals surface area contributed by atoms with Crippen LogP contribution < -0.4 is 5.43 Å². The van der Waals surface area contributed by atoms with Gasteiger partial charge in [0.2, 0.25) is -0.441 Å². The molecule has 0 aromatic carbocycles. The van der Waals surface area contributed by atoms with Crippen molar-refractivity contribution in [3.8, 4) is 0 Å². The highest BCUT2D eigenvalue weighted by Crippen LogP contribution is 2.45. The zero-order valence-corrected chi connectivity index (χ0v) is 26.8. The van der Waals surface area contributed by atoms with E-state index in [1.54, 1.807) is 11.3 Å². The van der Waals surface area contributed by atoms with Gasteiger partial charge in [0, 0.05) is 4.88 Å². The van der Waals surface area contributed by atoms with Crippen molar-refractivity contribution in [2.45, 2.75) is 11.8 Å². The van der Waals surface area contributed by atoms with Crippen LogP contribution in [0, 0.1) is 6.92 Å². The summed E-state index contributed by atoms with van der Waals surface area (Å²) < 4.78 is 5.51. The zero-order valence-electron chi connectivity index (χ0n) is 13.0. The molecule has 1 unspecified atom stereocenters. The van der Waals surface area contributed by atoms with Crippen LogP contribution in [0.5, 0.6) is 0 Å². The molecule has 26 heavy (non-hydrogen) atoms. The molecule has 2 aromatic rings. The molecule has 0 aliphatic carbocycles. The molecular weight excluding hydrogens is 1030 g/mol. The SMILES string of the molecule is Cc1coc(C(C2=CC(C(I)(I)I)=NN(C(I)(I)I)N2)c2cccs2)c1. The van der Waals surface area contributed by atoms with E-state index in [1.807, 2.05) is 11.4 Å². The topological polar surface area (TPSA) is 40.8 Å². The summed E-state index contributed by atoms with van der Waals surface area (Å²) in [5, 5.41) is 8.85. The van der Waals surface area contributed by atoms with Crippen molar-refractivity contribution in [2.24, 2.45) is 5.10 Å². The lowest BCUT2D eigenvalue weighted by molar-refractivity contribution is 0.245. The Morgan fingerprint density at radius 1 is 1.23 bits per heavy atom. The van der Waals surface area contributed by atoms with Crippen molar-refractivity contribution in [1.82, 2.24) is 10.5 Å². The number of hydrogen-bond donors (Lipinski definition) is 1. The van der Waals surface area contributed by atoms with Crippen molar-refractivity contribution >= 4 is 153 Å². The van der Waals surface area contributed by atoms with E-state index >= 15 is 0 Å². The number of nitrogens with zero attached hydrogens (tertiary/aromatic N) is 2. The summed E-state index contributed by atoms with van der Waals surface area (Å²) >= 11 is 16.1. The molecule has 0 amide bonds. The fourth-order valence-corrected chi connectivity index (χ4v) is 4.70. The minimum absolute atomic E-state index is 0.00907. The summed E-state index contributed by atoms with van der Waals surface area (Å²) in [5.41, 5.74) is 6.71. The van der Waals surface area contributed by atoms with Gasteiger partial charge in [-0.1, -0.05) is 6.07 Å². The van der Waals surface area contributed by atoms with Gasteiger partial charge >= 0.3 is 0 Å². The van der Waals surface area contributed by atoms with Crippen LogP contribution in [-0.2, 0) is 0 Å². The third-order valence-electron chi connectivity index (χ3n) is 3.44. The first kappa shape index (κ1) is 23.0. The largest absolute Gasteiger partial charge is 0.468 e. The van der Waals surface area contributed by atoms with Crippen molar-refractivity contribution < 1.29 is 4.42 Å². The quantitative estimate of drug-likeness (QED) is 0.190. The summed E-state index contributed by atoms with van der Waals surface area (Å²) in [5.74, 6) is 0.946. The lowest BCUT2D eigenvalue weighted by Gasteiger charge is -2.36. The highest BCUT2D eigenvalue weighted by Gasteiger charge is 2.37. The number of rotatable bonds is 5. The van der Waals surface area contributed by atoms with E-state index in [9.17, 15) is 0 Å². The molecule has 1 atom stereocenters. The Morgan fingerprint density at radius 2 is 1.96 bits per heavy atom. The van der Waals surface area contributed by atoms with E-state index in [1.165, 1.54) is 4.88 Å². The number of aryl methyl sites for hydroxylation is 1. The van der Waals surface area contributed by atoms with E-state index in [0.29, 0.717) is 0 Å². The summed E-state index contributed by atoms with van der Waals surface area (Å²) in [6.07, 6.45) is 3.96. The third kappa shape index (κ3) is 5.74. The third-order valence-corrected chi connectivity index (χ3v) is 7.41. The second kappa shape index (κ2) is 9.25. The van der Waals surface area contributed by atoms with Gasteiger partial charge in [0.05, 0.1) is 17.9 Å². The average Bonchev–Trinajstić information content (AvgIpc) is 3.18. The van der Waals surface area contributed by atoms with E-state index < -0.39 is 0 Å². The molecule has 0 fully saturated rings. The molecule has 0 radical (unpaired) electrons. The summed E-state index contributed by atoms with van der Waals surface area (Å²) in [6, 6.07) is 6.35. The van der Waals surface area contributed by atoms with Gasteiger partial charge in [0.15, 0.2) is -0.565 Å². The average molecular weight is 1040 g/mol. The predicted molar refractivity (Wildman–Crippen MR) is 160 cm³/mol. The fraction of sp³-hybridized carbons (Fsp3) is 0.267. The normalized spacial score (nSPS) is 16.8. The van der Waals surface area contributed by atoms with Crippen LogP contribution in [-0.4, -0.2) is 9.82 Å². The van der Waals surface area contributed by atoms with Gasteiger partial charge in [-0.05, 0) is 172 Å². The second-order valence-electron chi connectivity index (χ2n) is 5.45. The number of hydrogen-bond acceptors (Lipinski definition) is 5. The van der Waals surface area contributed by atoms with Gasteiger partial charge in [-0.3, -0.25) is 5.43 Å². The lowest BCUT2D eigenvalue weighted by Crippen LogP contribution is -2.46. The van der Waals surface area contributed by atoms with Gasteiger partial charge in [-0.25, -0.2) is 0 Å². The number of alkyl halides is 6. The molecule has 11 heteroatoms. The number of hydrazone groups is 1. The van der Waals surface area contributed by atoms with Crippen LogP contribution in [0.1, 0.15) is 22.1 Å². The first-order chi connectivity index (χ1) is 12.1. The van der Waals surface area contributed by atoms with Gasteiger partial charge < -0.3 is 4.42 Å². The van der Waals surface area contributed by atoms with Crippen molar-refractivity contribution in [3.63, 3.8) is 0 Å². The highest BCUT2D eigenvalue weighted by atomic mass is 127. The molecule has 0 saturated heterocycles.